The maximum Gasteiger partial charge on any atom is 0.309 e. The predicted molar refractivity (Wildman–Crippen MR) is 98.9 cm³/mol. The van der Waals surface area contributed by atoms with Crippen molar-refractivity contribution in [2.24, 2.45) is 5.10 Å². The normalized spacial score (nSPS) is 13.9. The SMILES string of the molecule is C=C1c2cscc2C(CC(=O)O)=NN1Cc1cc2cc(Cl)ccc2o1. The number of carbonyl (C=O) groups is 1. The van der Waals surface area contributed by atoms with E-state index >= 15 is 0 Å². The molecule has 0 bridgehead atoms. The van der Waals surface area contributed by atoms with Gasteiger partial charge < -0.3 is 9.52 Å². The number of halogens is 1. The van der Waals surface area contributed by atoms with E-state index in [0.717, 1.165) is 27.8 Å². The van der Waals surface area contributed by atoms with Gasteiger partial charge in [-0.3, -0.25) is 9.80 Å². The highest BCUT2D eigenvalue weighted by Gasteiger charge is 2.25. The summed E-state index contributed by atoms with van der Waals surface area (Å²) >= 11 is 7.52. The van der Waals surface area contributed by atoms with Gasteiger partial charge in [0.2, 0.25) is 0 Å². The van der Waals surface area contributed by atoms with Crippen LogP contribution >= 0.6 is 22.9 Å². The molecule has 0 amide bonds. The summed E-state index contributed by atoms with van der Waals surface area (Å²) in [6.07, 6.45) is -0.136. The molecule has 2 aromatic heterocycles. The maximum atomic E-state index is 11.1. The molecule has 5 nitrogen and oxygen atoms in total. The molecule has 1 aliphatic heterocycles. The minimum atomic E-state index is -0.915. The van der Waals surface area contributed by atoms with Gasteiger partial charge in [0.25, 0.3) is 0 Å². The van der Waals surface area contributed by atoms with Crippen molar-refractivity contribution in [3.05, 3.63) is 63.5 Å². The molecule has 3 heterocycles. The van der Waals surface area contributed by atoms with Crippen LogP contribution in [0, 0.1) is 0 Å². The zero-order valence-corrected chi connectivity index (χ0v) is 14.6. The Morgan fingerprint density at radius 1 is 1.32 bits per heavy atom. The average Bonchev–Trinajstić information content (AvgIpc) is 3.17. The first kappa shape index (κ1) is 15.9. The lowest BCUT2D eigenvalue weighted by molar-refractivity contribution is -0.135. The lowest BCUT2D eigenvalue weighted by Gasteiger charge is -2.26. The third kappa shape index (κ3) is 2.94. The topological polar surface area (TPSA) is 66.0 Å². The first-order valence-electron chi connectivity index (χ1n) is 7.52. The van der Waals surface area contributed by atoms with Gasteiger partial charge in [0.15, 0.2) is 0 Å². The second-order valence-corrected chi connectivity index (χ2v) is 6.90. The summed E-state index contributed by atoms with van der Waals surface area (Å²) in [4.78, 5) is 11.1. The number of aliphatic carboxylic acids is 1. The third-order valence-corrected chi connectivity index (χ3v) is 4.97. The molecule has 0 radical (unpaired) electrons. The summed E-state index contributed by atoms with van der Waals surface area (Å²) in [5.74, 6) is -0.211. The van der Waals surface area contributed by atoms with Crippen molar-refractivity contribution in [2.45, 2.75) is 13.0 Å². The van der Waals surface area contributed by atoms with Crippen LogP contribution in [-0.4, -0.2) is 21.8 Å². The van der Waals surface area contributed by atoms with Crippen molar-refractivity contribution < 1.29 is 14.3 Å². The number of hydrazone groups is 1. The number of hydrogen-bond donors (Lipinski definition) is 1. The van der Waals surface area contributed by atoms with Gasteiger partial charge in [-0.15, -0.1) is 0 Å². The fourth-order valence-corrected chi connectivity index (χ4v) is 3.89. The highest BCUT2D eigenvalue weighted by atomic mass is 35.5. The molecule has 1 N–H and O–H groups in total. The van der Waals surface area contributed by atoms with E-state index < -0.39 is 5.97 Å². The van der Waals surface area contributed by atoms with Crippen molar-refractivity contribution in [3.63, 3.8) is 0 Å². The average molecular weight is 373 g/mol. The molecule has 0 saturated heterocycles. The van der Waals surface area contributed by atoms with Gasteiger partial charge in [0, 0.05) is 32.3 Å². The fourth-order valence-electron chi connectivity index (χ4n) is 2.84. The highest BCUT2D eigenvalue weighted by molar-refractivity contribution is 7.08. The van der Waals surface area contributed by atoms with Gasteiger partial charge in [0.05, 0.1) is 24.4 Å². The van der Waals surface area contributed by atoms with Crippen molar-refractivity contribution in [1.82, 2.24) is 5.01 Å². The predicted octanol–water partition coefficient (Wildman–Crippen LogP) is 4.81. The standard InChI is InChI=1S/C18H13ClN2O3S/c1-10-14-8-25-9-15(14)16(6-18(22)23)20-21(10)7-13-5-11-4-12(19)2-3-17(11)24-13/h2-5,8-9H,1,6-7H2,(H,22,23). The zero-order chi connectivity index (χ0) is 17.6. The van der Waals surface area contributed by atoms with E-state index in [-0.39, 0.29) is 6.42 Å². The Kier molecular flexibility index (Phi) is 3.86. The van der Waals surface area contributed by atoms with Crippen LogP contribution in [0.3, 0.4) is 0 Å². The zero-order valence-electron chi connectivity index (χ0n) is 13.0. The van der Waals surface area contributed by atoms with Crippen LogP contribution in [0.15, 0.2) is 51.1 Å². The number of benzene rings is 1. The van der Waals surface area contributed by atoms with Crippen LogP contribution in [0.25, 0.3) is 16.7 Å². The molecule has 0 aliphatic carbocycles. The quantitative estimate of drug-likeness (QED) is 0.713. The van der Waals surface area contributed by atoms with Gasteiger partial charge in [-0.2, -0.15) is 16.4 Å². The fraction of sp³-hybridized carbons (Fsp3) is 0.111. The Morgan fingerprint density at radius 2 is 2.12 bits per heavy atom. The summed E-state index contributed by atoms with van der Waals surface area (Å²) < 4.78 is 5.84. The number of carboxylic acid groups (broad SMARTS) is 1. The summed E-state index contributed by atoms with van der Waals surface area (Å²) in [5, 5.41) is 20.7. The minimum Gasteiger partial charge on any atom is -0.481 e. The van der Waals surface area contributed by atoms with Crippen LogP contribution < -0.4 is 0 Å². The minimum absolute atomic E-state index is 0.136. The molecule has 0 saturated carbocycles. The number of rotatable bonds is 4. The van der Waals surface area contributed by atoms with E-state index in [1.54, 1.807) is 11.1 Å². The highest BCUT2D eigenvalue weighted by Crippen LogP contribution is 2.33. The number of nitrogens with zero attached hydrogens (tertiary/aromatic N) is 2. The van der Waals surface area contributed by atoms with Gasteiger partial charge in [-0.1, -0.05) is 18.2 Å². The van der Waals surface area contributed by atoms with E-state index in [4.69, 9.17) is 21.1 Å². The smallest absolute Gasteiger partial charge is 0.309 e. The van der Waals surface area contributed by atoms with Gasteiger partial charge in [-0.25, -0.2) is 0 Å². The van der Waals surface area contributed by atoms with E-state index in [1.165, 1.54) is 11.3 Å². The molecule has 126 valence electrons. The summed E-state index contributed by atoms with van der Waals surface area (Å²) in [7, 11) is 0. The summed E-state index contributed by atoms with van der Waals surface area (Å²) in [5.41, 5.74) is 3.74. The third-order valence-electron chi connectivity index (χ3n) is 3.99. The summed E-state index contributed by atoms with van der Waals surface area (Å²) in [6, 6.07) is 7.34. The Morgan fingerprint density at radius 3 is 2.92 bits per heavy atom. The second kappa shape index (κ2) is 6.06. The Hall–Kier alpha value is -2.57. The lowest BCUT2D eigenvalue weighted by atomic mass is 10.0. The number of hydrogen-bond acceptors (Lipinski definition) is 5. The largest absolute Gasteiger partial charge is 0.481 e. The number of thiophene rings is 1. The molecule has 3 aromatic rings. The van der Waals surface area contributed by atoms with Crippen molar-refractivity contribution >= 4 is 51.3 Å². The van der Waals surface area contributed by atoms with Crippen LogP contribution in [0.5, 0.6) is 0 Å². The molecular formula is C18H13ClN2O3S. The molecule has 0 spiro atoms. The molecule has 25 heavy (non-hydrogen) atoms. The molecular weight excluding hydrogens is 360 g/mol. The first-order valence-corrected chi connectivity index (χ1v) is 8.84. The molecule has 0 atom stereocenters. The van der Waals surface area contributed by atoms with Crippen LogP contribution in [0.4, 0.5) is 0 Å². The van der Waals surface area contributed by atoms with Gasteiger partial charge in [0.1, 0.15) is 11.3 Å². The number of carboxylic acids is 1. The van der Waals surface area contributed by atoms with E-state index in [0.29, 0.717) is 23.0 Å². The number of fused-ring (bicyclic) bond motifs is 2. The van der Waals surface area contributed by atoms with E-state index in [2.05, 4.69) is 11.7 Å². The molecule has 1 aromatic carbocycles. The summed E-state index contributed by atoms with van der Waals surface area (Å²) in [6.45, 7) is 4.47. The van der Waals surface area contributed by atoms with E-state index in [9.17, 15) is 4.79 Å². The van der Waals surface area contributed by atoms with Crippen LogP contribution in [0.1, 0.15) is 23.3 Å². The molecule has 7 heteroatoms. The maximum absolute atomic E-state index is 11.1. The molecule has 1 aliphatic rings. The number of furan rings is 1. The molecule has 0 fully saturated rings. The monoisotopic (exact) mass is 372 g/mol. The lowest BCUT2D eigenvalue weighted by Crippen LogP contribution is -2.24. The van der Waals surface area contributed by atoms with Crippen LogP contribution in [0.2, 0.25) is 5.02 Å². The van der Waals surface area contributed by atoms with Crippen molar-refractivity contribution in [1.29, 1.82) is 0 Å². The Balaban J connectivity index is 1.68. The Labute approximate surface area is 152 Å². The van der Waals surface area contributed by atoms with Gasteiger partial charge in [-0.05, 0) is 24.3 Å². The Bertz CT molecular complexity index is 1030. The van der Waals surface area contributed by atoms with E-state index in [1.807, 2.05) is 29.0 Å². The first-order chi connectivity index (χ1) is 12.0. The molecule has 0 unspecified atom stereocenters. The van der Waals surface area contributed by atoms with Gasteiger partial charge >= 0.3 is 5.97 Å². The second-order valence-electron chi connectivity index (χ2n) is 5.72. The van der Waals surface area contributed by atoms with Crippen LogP contribution in [-0.2, 0) is 11.3 Å². The van der Waals surface area contributed by atoms with Crippen molar-refractivity contribution in [3.8, 4) is 0 Å². The molecule has 4 rings (SSSR count). The van der Waals surface area contributed by atoms with Crippen molar-refractivity contribution in [2.75, 3.05) is 0 Å².